The number of benzene rings is 1. The van der Waals surface area contributed by atoms with Crippen LogP contribution >= 0.6 is 23.2 Å². The van der Waals surface area contributed by atoms with Crippen LogP contribution < -0.4 is 15.2 Å². The van der Waals surface area contributed by atoms with Gasteiger partial charge in [0.05, 0.1) is 24.5 Å². The maximum absolute atomic E-state index is 6.18. The van der Waals surface area contributed by atoms with E-state index >= 15 is 0 Å². The minimum absolute atomic E-state index is 0.403. The summed E-state index contributed by atoms with van der Waals surface area (Å²) in [5.41, 5.74) is 3.66. The lowest BCUT2D eigenvalue weighted by Crippen LogP contribution is -2.38. The van der Waals surface area contributed by atoms with Crippen molar-refractivity contribution in [3.63, 3.8) is 0 Å². The van der Waals surface area contributed by atoms with Gasteiger partial charge in [-0.05, 0) is 25.0 Å². The van der Waals surface area contributed by atoms with Gasteiger partial charge < -0.3 is 14.5 Å². The lowest BCUT2D eigenvalue weighted by Gasteiger charge is -2.27. The Bertz CT molecular complexity index is 852. The van der Waals surface area contributed by atoms with Crippen molar-refractivity contribution < 1.29 is 4.74 Å². The first kappa shape index (κ1) is 19.2. The number of aromatic nitrogens is 3. The molecular weight excluding hydrogens is 401 g/mol. The summed E-state index contributed by atoms with van der Waals surface area (Å²) >= 11 is 12.1. The van der Waals surface area contributed by atoms with E-state index in [0.717, 1.165) is 44.6 Å². The van der Waals surface area contributed by atoms with E-state index in [-0.39, 0.29) is 0 Å². The van der Waals surface area contributed by atoms with Crippen LogP contribution in [-0.2, 0) is 4.74 Å². The highest BCUT2D eigenvalue weighted by Gasteiger charge is 2.21. The monoisotopic (exact) mass is 421 g/mol. The van der Waals surface area contributed by atoms with E-state index < -0.39 is 0 Å². The largest absolute Gasteiger partial charge is 0.378 e. The smallest absolute Gasteiger partial charge is 0.250 e. The molecule has 1 N–H and O–H groups in total. The first-order valence-electron chi connectivity index (χ1n) is 9.27. The van der Waals surface area contributed by atoms with Crippen LogP contribution in [-0.4, -0.2) is 60.6 Å². The zero-order chi connectivity index (χ0) is 19.3. The van der Waals surface area contributed by atoms with Crippen LogP contribution in [0.4, 0.5) is 17.8 Å². The zero-order valence-corrected chi connectivity index (χ0v) is 16.8. The van der Waals surface area contributed by atoms with Gasteiger partial charge in [-0.3, -0.25) is 0 Å². The molecule has 0 aliphatic carbocycles. The van der Waals surface area contributed by atoms with Crippen LogP contribution in [0.15, 0.2) is 23.3 Å². The molecule has 0 unspecified atom stereocenters. The molecule has 0 saturated carbocycles. The molecule has 1 aromatic carbocycles. The third kappa shape index (κ3) is 4.63. The summed E-state index contributed by atoms with van der Waals surface area (Å²) in [5, 5.41) is 5.35. The minimum atomic E-state index is 0.403. The second-order valence-corrected chi connectivity index (χ2v) is 7.43. The molecule has 0 atom stereocenters. The van der Waals surface area contributed by atoms with Gasteiger partial charge >= 0.3 is 0 Å². The molecule has 28 heavy (non-hydrogen) atoms. The normalized spacial score (nSPS) is 17.5. The van der Waals surface area contributed by atoms with E-state index in [2.05, 4.69) is 35.3 Å². The van der Waals surface area contributed by atoms with Gasteiger partial charge in [-0.15, -0.1) is 0 Å². The molecule has 3 heterocycles. The lowest BCUT2D eigenvalue weighted by atomic mass is 10.2. The quantitative estimate of drug-likeness (QED) is 0.586. The zero-order valence-electron chi connectivity index (χ0n) is 15.3. The number of morpholine rings is 1. The van der Waals surface area contributed by atoms with E-state index in [9.17, 15) is 0 Å². The molecule has 8 nitrogen and oxygen atoms in total. The fourth-order valence-corrected chi connectivity index (χ4v) is 3.59. The SMILES string of the molecule is Clc1ccc(/C=N\Nc2nc(N3CCCC3)nc(N3CCOCC3)n2)c(Cl)c1. The number of halogens is 2. The molecule has 1 aromatic heterocycles. The Labute approximate surface area is 173 Å². The van der Waals surface area contributed by atoms with Gasteiger partial charge in [-0.25, -0.2) is 5.43 Å². The topological polar surface area (TPSA) is 78.8 Å². The third-order valence-corrected chi connectivity index (χ3v) is 5.19. The maximum Gasteiger partial charge on any atom is 0.250 e. The molecule has 2 aliphatic rings. The van der Waals surface area contributed by atoms with Gasteiger partial charge in [0.25, 0.3) is 0 Å². The van der Waals surface area contributed by atoms with Gasteiger partial charge in [0, 0.05) is 36.8 Å². The highest BCUT2D eigenvalue weighted by atomic mass is 35.5. The van der Waals surface area contributed by atoms with Crippen LogP contribution in [0.2, 0.25) is 10.0 Å². The average molecular weight is 422 g/mol. The Hall–Kier alpha value is -2.16. The average Bonchev–Trinajstić information content (AvgIpc) is 3.25. The summed E-state index contributed by atoms with van der Waals surface area (Å²) in [6.07, 6.45) is 3.91. The second-order valence-electron chi connectivity index (χ2n) is 6.59. The molecule has 0 spiro atoms. The first-order chi connectivity index (χ1) is 13.7. The number of nitrogens with one attached hydrogen (secondary N) is 1. The molecule has 2 saturated heterocycles. The number of anilines is 3. The highest BCUT2D eigenvalue weighted by Crippen LogP contribution is 2.22. The van der Waals surface area contributed by atoms with E-state index in [1.807, 2.05) is 0 Å². The first-order valence-corrected chi connectivity index (χ1v) is 10.0. The maximum atomic E-state index is 6.18. The Morgan fingerprint density at radius 2 is 1.64 bits per heavy atom. The van der Waals surface area contributed by atoms with Crippen molar-refractivity contribution in [2.24, 2.45) is 5.10 Å². The highest BCUT2D eigenvalue weighted by molar-refractivity contribution is 6.36. The van der Waals surface area contributed by atoms with E-state index in [1.165, 1.54) is 0 Å². The Balaban J connectivity index is 1.55. The Kier molecular flexibility index (Phi) is 6.09. The molecule has 2 fully saturated rings. The third-order valence-electron chi connectivity index (χ3n) is 4.63. The van der Waals surface area contributed by atoms with Crippen molar-refractivity contribution in [1.29, 1.82) is 0 Å². The van der Waals surface area contributed by atoms with Crippen LogP contribution in [0.25, 0.3) is 0 Å². The van der Waals surface area contributed by atoms with Gasteiger partial charge in [-0.2, -0.15) is 20.1 Å². The Morgan fingerprint density at radius 3 is 2.32 bits per heavy atom. The lowest BCUT2D eigenvalue weighted by molar-refractivity contribution is 0.122. The van der Waals surface area contributed by atoms with Gasteiger partial charge in [-0.1, -0.05) is 29.3 Å². The summed E-state index contributed by atoms with van der Waals surface area (Å²) in [5.74, 6) is 1.72. The van der Waals surface area contributed by atoms with Crippen molar-refractivity contribution in [2.75, 3.05) is 54.6 Å². The summed E-state index contributed by atoms with van der Waals surface area (Å²) < 4.78 is 5.43. The van der Waals surface area contributed by atoms with Crippen LogP contribution in [0, 0.1) is 0 Å². The summed E-state index contributed by atoms with van der Waals surface area (Å²) in [7, 11) is 0. The van der Waals surface area contributed by atoms with Gasteiger partial charge in [0.1, 0.15) is 0 Å². The molecule has 148 valence electrons. The fraction of sp³-hybridized carbons (Fsp3) is 0.444. The molecule has 2 aromatic rings. The molecule has 10 heteroatoms. The number of hydrogen-bond donors (Lipinski definition) is 1. The summed E-state index contributed by atoms with van der Waals surface area (Å²) in [4.78, 5) is 18.0. The molecule has 0 bridgehead atoms. The molecule has 0 amide bonds. The molecule has 0 radical (unpaired) electrons. The van der Waals surface area contributed by atoms with Crippen molar-refractivity contribution in [3.8, 4) is 0 Å². The predicted molar refractivity (Wildman–Crippen MR) is 112 cm³/mol. The summed E-state index contributed by atoms with van der Waals surface area (Å²) in [6.45, 7) is 4.76. The van der Waals surface area contributed by atoms with Crippen LogP contribution in [0.3, 0.4) is 0 Å². The standard InChI is InChI=1S/C18H21Cl2N7O/c19-14-4-3-13(15(20)11-14)12-21-25-16-22-17(26-5-1-2-6-26)24-18(23-16)27-7-9-28-10-8-27/h3-4,11-12H,1-2,5-10H2,(H,22,23,24,25)/b21-12-. The second kappa shape index (κ2) is 8.89. The van der Waals surface area contributed by atoms with Crippen molar-refractivity contribution in [1.82, 2.24) is 15.0 Å². The van der Waals surface area contributed by atoms with Gasteiger partial charge in [0.15, 0.2) is 0 Å². The minimum Gasteiger partial charge on any atom is -0.378 e. The molecule has 2 aliphatic heterocycles. The van der Waals surface area contributed by atoms with Crippen molar-refractivity contribution >= 4 is 47.3 Å². The van der Waals surface area contributed by atoms with E-state index in [1.54, 1.807) is 24.4 Å². The van der Waals surface area contributed by atoms with E-state index in [0.29, 0.717) is 41.1 Å². The van der Waals surface area contributed by atoms with E-state index in [4.69, 9.17) is 27.9 Å². The fourth-order valence-electron chi connectivity index (χ4n) is 3.13. The number of hydrazone groups is 1. The molecule has 4 rings (SSSR count). The van der Waals surface area contributed by atoms with Gasteiger partial charge in [0.2, 0.25) is 17.8 Å². The summed E-state index contributed by atoms with van der Waals surface area (Å²) in [6, 6.07) is 5.24. The predicted octanol–water partition coefficient (Wildman–Crippen LogP) is 3.06. The van der Waals surface area contributed by atoms with Crippen LogP contribution in [0.1, 0.15) is 18.4 Å². The number of hydrogen-bond acceptors (Lipinski definition) is 8. The van der Waals surface area contributed by atoms with Crippen molar-refractivity contribution in [2.45, 2.75) is 12.8 Å². The van der Waals surface area contributed by atoms with Crippen LogP contribution in [0.5, 0.6) is 0 Å². The number of ether oxygens (including phenoxy) is 1. The number of rotatable bonds is 5. The molecular formula is C18H21Cl2N7O. The van der Waals surface area contributed by atoms with Crippen molar-refractivity contribution in [3.05, 3.63) is 33.8 Å². The Morgan fingerprint density at radius 1 is 0.964 bits per heavy atom. The number of nitrogens with zero attached hydrogens (tertiary/aromatic N) is 6.